The first-order valence-corrected chi connectivity index (χ1v) is 10.3. The molecule has 3 amide bonds. The lowest BCUT2D eigenvalue weighted by molar-refractivity contribution is -0.146. The number of pyridine rings is 1. The van der Waals surface area contributed by atoms with Crippen LogP contribution in [0, 0.1) is 5.92 Å². The lowest BCUT2D eigenvalue weighted by Crippen LogP contribution is -2.46. The quantitative estimate of drug-likeness (QED) is 0.648. The molecule has 9 nitrogen and oxygen atoms in total. The maximum atomic E-state index is 13.1. The number of rotatable bonds is 3. The summed E-state index contributed by atoms with van der Waals surface area (Å²) < 4.78 is 5.74. The highest BCUT2D eigenvalue weighted by atomic mass is 16.5. The molecule has 0 saturated carbocycles. The van der Waals surface area contributed by atoms with E-state index in [0.717, 1.165) is 36.4 Å². The molecule has 4 rings (SSSR count). The predicted molar refractivity (Wildman–Crippen MR) is 115 cm³/mol. The van der Waals surface area contributed by atoms with Crippen LogP contribution >= 0.6 is 0 Å². The van der Waals surface area contributed by atoms with Crippen molar-refractivity contribution in [2.45, 2.75) is 25.8 Å². The third-order valence-corrected chi connectivity index (χ3v) is 5.62. The molecule has 0 bridgehead atoms. The van der Waals surface area contributed by atoms with Crippen LogP contribution in [0.3, 0.4) is 0 Å². The average molecular weight is 423 g/mol. The number of primary amides is 1. The van der Waals surface area contributed by atoms with Crippen molar-refractivity contribution < 1.29 is 19.1 Å². The second-order valence-electron chi connectivity index (χ2n) is 7.97. The molecule has 0 unspecified atom stereocenters. The number of anilines is 2. The fraction of sp³-hybridized carbons (Fsp3) is 0.364. The van der Waals surface area contributed by atoms with Gasteiger partial charge in [0, 0.05) is 19.3 Å². The molecule has 4 N–H and O–H groups in total. The van der Waals surface area contributed by atoms with Crippen molar-refractivity contribution in [2.24, 2.45) is 11.7 Å². The first-order valence-electron chi connectivity index (χ1n) is 10.3. The van der Waals surface area contributed by atoms with Crippen molar-refractivity contribution in [1.29, 1.82) is 0 Å². The number of aromatic nitrogens is 1. The minimum atomic E-state index is -0.779. The summed E-state index contributed by atoms with van der Waals surface area (Å²) in [6.45, 7) is 3.88. The third-order valence-electron chi connectivity index (χ3n) is 5.62. The predicted octanol–water partition coefficient (Wildman–Crippen LogP) is 1.92. The zero-order valence-corrected chi connectivity index (χ0v) is 17.3. The molecule has 31 heavy (non-hydrogen) atoms. The van der Waals surface area contributed by atoms with Gasteiger partial charge < -0.3 is 26.0 Å². The van der Waals surface area contributed by atoms with Gasteiger partial charge >= 0.3 is 11.8 Å². The van der Waals surface area contributed by atoms with Crippen LogP contribution in [0.2, 0.25) is 0 Å². The molecule has 0 aliphatic carbocycles. The Morgan fingerprint density at radius 1 is 1.23 bits per heavy atom. The third kappa shape index (κ3) is 4.45. The van der Waals surface area contributed by atoms with Gasteiger partial charge in [0.15, 0.2) is 0 Å². The van der Waals surface area contributed by atoms with Crippen LogP contribution in [0.4, 0.5) is 11.4 Å². The molecule has 3 heterocycles. The van der Waals surface area contributed by atoms with E-state index in [2.05, 4.69) is 22.5 Å². The van der Waals surface area contributed by atoms with Gasteiger partial charge in [0.2, 0.25) is 5.91 Å². The maximum absolute atomic E-state index is 13.1. The summed E-state index contributed by atoms with van der Waals surface area (Å²) >= 11 is 0. The molecule has 2 aliphatic heterocycles. The lowest BCUT2D eigenvalue weighted by Gasteiger charge is -2.39. The van der Waals surface area contributed by atoms with Gasteiger partial charge in [0.25, 0.3) is 0 Å². The van der Waals surface area contributed by atoms with Crippen molar-refractivity contribution in [3.8, 4) is 5.75 Å². The Hall–Kier alpha value is -3.62. The van der Waals surface area contributed by atoms with E-state index in [1.807, 2.05) is 18.2 Å². The molecule has 1 fully saturated rings. The van der Waals surface area contributed by atoms with Crippen LogP contribution in [-0.2, 0) is 9.59 Å². The van der Waals surface area contributed by atoms with Crippen molar-refractivity contribution in [1.82, 2.24) is 9.88 Å². The van der Waals surface area contributed by atoms with Gasteiger partial charge in [0.1, 0.15) is 12.4 Å². The van der Waals surface area contributed by atoms with E-state index in [1.165, 1.54) is 18.5 Å². The van der Waals surface area contributed by atoms with Crippen LogP contribution < -0.4 is 21.1 Å². The number of fused-ring (bicyclic) bond motifs is 1. The Kier molecular flexibility index (Phi) is 5.75. The topological polar surface area (TPSA) is 127 Å². The summed E-state index contributed by atoms with van der Waals surface area (Å²) in [5.74, 6) is -1.03. The molecule has 1 aromatic heterocycles. The van der Waals surface area contributed by atoms with Crippen molar-refractivity contribution in [3.05, 3.63) is 47.8 Å². The molecule has 2 aromatic rings. The number of ether oxygens (including phenoxy) is 1. The molecule has 1 saturated heterocycles. The Morgan fingerprint density at radius 3 is 2.87 bits per heavy atom. The highest BCUT2D eigenvalue weighted by molar-refractivity contribution is 6.39. The van der Waals surface area contributed by atoms with Crippen LogP contribution in [0.25, 0.3) is 0 Å². The average Bonchev–Trinajstić information content (AvgIpc) is 2.78. The van der Waals surface area contributed by atoms with E-state index in [1.54, 1.807) is 4.90 Å². The monoisotopic (exact) mass is 423 g/mol. The standard InChI is InChI=1S/C22H25N5O4/c1-13-2-5-18(14-3-4-17-19(9-14)31-7-6-25-17)27(12-13)22(30)21(29)26-16-8-15(20(23)28)10-24-11-16/h3-4,8-11,13,18,25H,2,5-7,12H2,1H3,(H2,23,28)(H,26,29)/t13-,18+/m1/s1. The Labute approximate surface area is 180 Å². The van der Waals surface area contributed by atoms with Gasteiger partial charge in [-0.2, -0.15) is 0 Å². The highest BCUT2D eigenvalue weighted by Gasteiger charge is 2.34. The van der Waals surface area contributed by atoms with Gasteiger partial charge in [-0.25, -0.2) is 0 Å². The lowest BCUT2D eigenvalue weighted by atomic mass is 9.89. The van der Waals surface area contributed by atoms with E-state index in [-0.39, 0.29) is 23.2 Å². The second kappa shape index (κ2) is 8.63. The second-order valence-corrected chi connectivity index (χ2v) is 7.97. The van der Waals surface area contributed by atoms with Crippen molar-refractivity contribution in [2.75, 3.05) is 30.3 Å². The van der Waals surface area contributed by atoms with Crippen LogP contribution in [0.15, 0.2) is 36.7 Å². The van der Waals surface area contributed by atoms with Gasteiger partial charge in [-0.15, -0.1) is 0 Å². The minimum absolute atomic E-state index is 0.150. The number of nitrogens with zero attached hydrogens (tertiary/aromatic N) is 2. The Morgan fingerprint density at radius 2 is 2.06 bits per heavy atom. The zero-order chi connectivity index (χ0) is 22.0. The number of benzene rings is 1. The maximum Gasteiger partial charge on any atom is 0.313 e. The SMILES string of the molecule is C[C@@H]1CC[C@@H](c2ccc3c(c2)OCCN3)N(C(=O)C(=O)Nc2cncc(C(N)=O)c2)C1. The van der Waals surface area contributed by atoms with E-state index < -0.39 is 17.7 Å². The number of piperidine rings is 1. The summed E-state index contributed by atoms with van der Waals surface area (Å²) in [5.41, 5.74) is 7.51. The fourth-order valence-corrected chi connectivity index (χ4v) is 4.04. The molecule has 9 heteroatoms. The summed E-state index contributed by atoms with van der Waals surface area (Å²) in [4.78, 5) is 42.7. The zero-order valence-electron chi connectivity index (χ0n) is 17.3. The van der Waals surface area contributed by atoms with Crippen LogP contribution in [-0.4, -0.2) is 47.3 Å². The number of hydrogen-bond acceptors (Lipinski definition) is 6. The highest BCUT2D eigenvalue weighted by Crippen LogP contribution is 2.37. The van der Waals surface area contributed by atoms with E-state index in [9.17, 15) is 14.4 Å². The number of hydrogen-bond donors (Lipinski definition) is 3. The van der Waals surface area contributed by atoms with E-state index in [0.29, 0.717) is 13.2 Å². The number of amides is 3. The molecule has 2 aliphatic rings. The molecule has 2 atom stereocenters. The smallest absolute Gasteiger partial charge is 0.313 e. The number of carbonyl (C=O) groups excluding carboxylic acids is 3. The number of nitrogens with one attached hydrogen (secondary N) is 2. The molecule has 1 aromatic carbocycles. The van der Waals surface area contributed by atoms with Crippen LogP contribution in [0.5, 0.6) is 5.75 Å². The molecular formula is C22H25N5O4. The van der Waals surface area contributed by atoms with Gasteiger partial charge in [0.05, 0.1) is 29.2 Å². The first kappa shape index (κ1) is 20.6. The van der Waals surface area contributed by atoms with Crippen molar-refractivity contribution in [3.63, 3.8) is 0 Å². The Balaban J connectivity index is 1.55. The summed E-state index contributed by atoms with van der Waals surface area (Å²) in [7, 11) is 0. The Bertz CT molecular complexity index is 1020. The van der Waals surface area contributed by atoms with Gasteiger partial charge in [-0.1, -0.05) is 13.0 Å². The number of carbonyl (C=O) groups is 3. The summed E-state index contributed by atoms with van der Waals surface area (Å²) in [6.07, 6.45) is 4.37. The normalized spacial score (nSPS) is 20.1. The van der Waals surface area contributed by atoms with Gasteiger partial charge in [-0.3, -0.25) is 19.4 Å². The summed E-state index contributed by atoms with van der Waals surface area (Å²) in [6, 6.07) is 7.04. The molecule has 0 radical (unpaired) electrons. The molecule has 162 valence electrons. The molecular weight excluding hydrogens is 398 g/mol. The van der Waals surface area contributed by atoms with Crippen molar-refractivity contribution >= 4 is 29.1 Å². The van der Waals surface area contributed by atoms with E-state index >= 15 is 0 Å². The van der Waals surface area contributed by atoms with Crippen LogP contribution in [0.1, 0.15) is 41.7 Å². The largest absolute Gasteiger partial charge is 0.490 e. The molecule has 0 spiro atoms. The number of likely N-dealkylation sites (tertiary alicyclic amines) is 1. The first-order chi connectivity index (χ1) is 14.9. The number of nitrogens with two attached hydrogens (primary N) is 1. The summed E-state index contributed by atoms with van der Waals surface area (Å²) in [5, 5.41) is 5.82. The fourth-order valence-electron chi connectivity index (χ4n) is 4.04. The van der Waals surface area contributed by atoms with E-state index in [4.69, 9.17) is 10.5 Å². The van der Waals surface area contributed by atoms with Gasteiger partial charge in [-0.05, 0) is 42.5 Å². The minimum Gasteiger partial charge on any atom is -0.490 e.